The van der Waals surface area contributed by atoms with Gasteiger partial charge in [-0.15, -0.1) is 0 Å². The van der Waals surface area contributed by atoms with Crippen LogP contribution in [0.2, 0.25) is 0 Å². The molecule has 8 rings (SSSR count). The van der Waals surface area contributed by atoms with Gasteiger partial charge < -0.3 is 19.1 Å². The first-order valence-corrected chi connectivity index (χ1v) is 16.7. The van der Waals surface area contributed by atoms with E-state index in [4.69, 9.17) is 9.97 Å². The molecule has 1 N–H and O–H groups in total. The summed E-state index contributed by atoms with van der Waals surface area (Å²) in [5.41, 5.74) is 4.87. The molecular formula is C37H37FN8O2. The van der Waals surface area contributed by atoms with Crippen LogP contribution in [0.25, 0.3) is 11.0 Å². The van der Waals surface area contributed by atoms with Crippen LogP contribution >= 0.6 is 0 Å². The highest BCUT2D eigenvalue weighted by atomic mass is 19.1. The highest BCUT2D eigenvalue weighted by Crippen LogP contribution is 2.63. The molecule has 1 saturated heterocycles. The first-order chi connectivity index (χ1) is 23.3. The quantitative estimate of drug-likeness (QED) is 0.240. The molecule has 10 nitrogen and oxygen atoms in total. The van der Waals surface area contributed by atoms with Crippen molar-refractivity contribution in [3.05, 3.63) is 106 Å². The summed E-state index contributed by atoms with van der Waals surface area (Å²) in [5.74, 6) is 2.33. The number of hydrogen-bond acceptors (Lipinski definition) is 7. The maximum Gasteiger partial charge on any atom is 0.335 e. The Labute approximate surface area is 278 Å². The first kappa shape index (κ1) is 30.3. The number of rotatable bonds is 8. The van der Waals surface area contributed by atoms with Crippen molar-refractivity contribution in [3.63, 3.8) is 0 Å². The van der Waals surface area contributed by atoms with Crippen LogP contribution in [0.3, 0.4) is 0 Å². The van der Waals surface area contributed by atoms with Crippen molar-refractivity contribution in [3.8, 4) is 6.07 Å². The van der Waals surface area contributed by atoms with E-state index in [0.717, 1.165) is 72.4 Å². The van der Waals surface area contributed by atoms with Gasteiger partial charge in [0.1, 0.15) is 23.3 Å². The van der Waals surface area contributed by atoms with Gasteiger partial charge in [0.25, 0.3) is 0 Å². The van der Waals surface area contributed by atoms with Crippen molar-refractivity contribution >= 4 is 22.8 Å². The van der Waals surface area contributed by atoms with Crippen LogP contribution < -0.4 is 4.90 Å². The molecule has 3 atom stereocenters. The van der Waals surface area contributed by atoms with Gasteiger partial charge in [0.2, 0.25) is 0 Å². The number of aromatic carboxylic acids is 1. The molecular weight excluding hydrogens is 607 g/mol. The molecule has 3 aromatic heterocycles. The number of halogens is 1. The van der Waals surface area contributed by atoms with Gasteiger partial charge in [0.05, 0.1) is 41.3 Å². The summed E-state index contributed by atoms with van der Waals surface area (Å²) >= 11 is 0. The number of aryl methyl sites for hydroxylation is 1. The van der Waals surface area contributed by atoms with E-state index in [2.05, 4.69) is 56.0 Å². The van der Waals surface area contributed by atoms with Gasteiger partial charge >= 0.3 is 5.97 Å². The highest BCUT2D eigenvalue weighted by molar-refractivity contribution is 5.92. The third kappa shape index (κ3) is 4.94. The second-order valence-electron chi connectivity index (χ2n) is 13.4. The fourth-order valence-corrected chi connectivity index (χ4v) is 8.33. The average molecular weight is 645 g/mol. The van der Waals surface area contributed by atoms with E-state index in [0.29, 0.717) is 49.0 Å². The minimum atomic E-state index is -0.958. The number of fused-ring (bicyclic) bond motifs is 3. The van der Waals surface area contributed by atoms with Crippen LogP contribution in [-0.2, 0) is 38.0 Å². The maximum atomic E-state index is 14.9. The molecule has 5 aromatic rings. The molecule has 2 unspecified atom stereocenters. The van der Waals surface area contributed by atoms with E-state index in [1.54, 1.807) is 24.4 Å². The molecule has 244 valence electrons. The predicted octanol–water partition coefficient (Wildman–Crippen LogP) is 5.38. The van der Waals surface area contributed by atoms with E-state index in [1.165, 1.54) is 6.07 Å². The number of carbonyl (C=O) groups is 1. The largest absolute Gasteiger partial charge is 0.478 e. The Bertz CT molecular complexity index is 2110. The van der Waals surface area contributed by atoms with E-state index in [9.17, 15) is 19.6 Å². The molecule has 0 amide bonds. The van der Waals surface area contributed by atoms with Crippen molar-refractivity contribution in [2.45, 2.75) is 58.3 Å². The zero-order valence-electron chi connectivity index (χ0n) is 27.1. The second-order valence-corrected chi connectivity index (χ2v) is 13.4. The Kier molecular flexibility index (Phi) is 7.29. The lowest BCUT2D eigenvalue weighted by Crippen LogP contribution is -2.37. The topological polar surface area (TPSA) is 116 Å². The number of carboxylic acid groups (broad SMARTS) is 1. The number of likely N-dealkylation sites (tertiary alicyclic amines) is 1. The van der Waals surface area contributed by atoms with E-state index in [-0.39, 0.29) is 16.8 Å². The van der Waals surface area contributed by atoms with E-state index >= 15 is 0 Å². The van der Waals surface area contributed by atoms with Crippen LogP contribution in [0.1, 0.15) is 64.7 Å². The molecule has 2 fully saturated rings. The SMILES string of the molecule is CCn1ccnc1Cn1c(CN2CC[C@]3(c4cccc(N5CCc6cc(C#N)cc(F)c6C5)n4)C(C)C3C2)nc2ccc(C(=O)O)cc21. The molecule has 48 heavy (non-hydrogen) atoms. The summed E-state index contributed by atoms with van der Waals surface area (Å²) < 4.78 is 19.1. The Morgan fingerprint density at radius 2 is 2.00 bits per heavy atom. The predicted molar refractivity (Wildman–Crippen MR) is 178 cm³/mol. The van der Waals surface area contributed by atoms with Crippen LogP contribution in [0.4, 0.5) is 10.2 Å². The van der Waals surface area contributed by atoms with Gasteiger partial charge in [-0.25, -0.2) is 24.1 Å². The summed E-state index contributed by atoms with van der Waals surface area (Å²) in [7, 11) is 0. The van der Waals surface area contributed by atoms with Gasteiger partial charge in [-0.2, -0.15) is 5.26 Å². The third-order valence-corrected chi connectivity index (χ3v) is 11.1. The summed E-state index contributed by atoms with van der Waals surface area (Å²) in [6, 6.07) is 16.6. The number of nitriles is 1. The Morgan fingerprint density at radius 1 is 1.12 bits per heavy atom. The number of imidazole rings is 2. The number of nitrogens with zero attached hydrogens (tertiary/aromatic N) is 8. The summed E-state index contributed by atoms with van der Waals surface area (Å²) in [5, 5.41) is 18.9. The smallest absolute Gasteiger partial charge is 0.335 e. The molecule has 11 heteroatoms. The minimum absolute atomic E-state index is 0.00948. The van der Waals surface area contributed by atoms with Gasteiger partial charge in [-0.05, 0) is 86.2 Å². The number of benzene rings is 2. The van der Waals surface area contributed by atoms with E-state index < -0.39 is 5.97 Å². The Morgan fingerprint density at radius 3 is 2.79 bits per heavy atom. The zero-order chi connectivity index (χ0) is 33.2. The number of hydrogen-bond donors (Lipinski definition) is 1. The normalized spacial score (nSPS) is 21.9. The van der Waals surface area contributed by atoms with Gasteiger partial charge in [0, 0.05) is 55.2 Å². The third-order valence-electron chi connectivity index (χ3n) is 11.1. The van der Waals surface area contributed by atoms with Crippen molar-refractivity contribution < 1.29 is 14.3 Å². The Balaban J connectivity index is 1.03. The molecule has 3 aliphatic rings. The lowest BCUT2D eigenvalue weighted by Gasteiger charge is -2.33. The fraction of sp³-hybridized carbons (Fsp3) is 0.378. The lowest BCUT2D eigenvalue weighted by atomic mass is 9.89. The van der Waals surface area contributed by atoms with Crippen molar-refractivity contribution in [2.75, 3.05) is 24.5 Å². The second kappa shape index (κ2) is 11.6. The summed E-state index contributed by atoms with van der Waals surface area (Å²) in [6.45, 7) is 9.35. The van der Waals surface area contributed by atoms with Gasteiger partial charge in [-0.1, -0.05) is 13.0 Å². The number of pyridine rings is 1. The van der Waals surface area contributed by atoms with Gasteiger partial charge in [-0.3, -0.25) is 4.90 Å². The molecule has 0 spiro atoms. The van der Waals surface area contributed by atoms with Crippen molar-refractivity contribution in [1.29, 1.82) is 5.26 Å². The number of anilines is 1. The monoisotopic (exact) mass is 644 g/mol. The molecule has 2 aromatic carbocycles. The van der Waals surface area contributed by atoms with Crippen LogP contribution in [0.5, 0.6) is 0 Å². The number of piperidine rings is 1. The zero-order valence-corrected chi connectivity index (χ0v) is 27.1. The van der Waals surface area contributed by atoms with Crippen LogP contribution in [-0.4, -0.2) is 59.7 Å². The summed E-state index contributed by atoms with van der Waals surface area (Å²) in [6.07, 6.45) is 5.42. The standard InChI is InChI=1S/C37H37FN8O2/c1-3-44-14-11-40-34(44)22-46-31-17-26(36(47)48)7-8-30(31)41-35(46)21-43-13-10-37(23(2)28(37)20-43)32-5-4-6-33(42-32)45-12-9-25-15-24(18-39)16-29(38)27(25)19-45/h4-8,11,14-17,23,28H,3,9-10,12-13,19-22H2,1-2H3,(H,47,48)/t23?,28?,37-/m0/s1. The fourth-order valence-electron chi connectivity index (χ4n) is 8.33. The molecule has 1 saturated carbocycles. The first-order valence-electron chi connectivity index (χ1n) is 16.7. The van der Waals surface area contributed by atoms with Crippen molar-refractivity contribution in [1.82, 2.24) is 29.0 Å². The van der Waals surface area contributed by atoms with Gasteiger partial charge in [0.15, 0.2) is 0 Å². The Hall–Kier alpha value is -5.08. The number of aromatic nitrogens is 5. The van der Waals surface area contributed by atoms with Crippen LogP contribution in [0.15, 0.2) is 60.9 Å². The molecule has 0 radical (unpaired) electrons. The summed E-state index contributed by atoms with van der Waals surface area (Å²) in [4.78, 5) is 31.3. The molecule has 2 aliphatic heterocycles. The lowest BCUT2D eigenvalue weighted by molar-refractivity contribution is 0.0697. The molecule has 5 heterocycles. The molecule has 0 bridgehead atoms. The minimum Gasteiger partial charge on any atom is -0.478 e. The maximum absolute atomic E-state index is 14.9. The van der Waals surface area contributed by atoms with E-state index in [1.807, 2.05) is 18.3 Å². The highest BCUT2D eigenvalue weighted by Gasteiger charge is 2.65. The molecule has 1 aliphatic carbocycles. The van der Waals surface area contributed by atoms with Crippen molar-refractivity contribution in [2.24, 2.45) is 11.8 Å². The van der Waals surface area contributed by atoms with Crippen LogP contribution in [0, 0.1) is 29.0 Å². The average Bonchev–Trinajstić information content (AvgIpc) is 3.36. The number of carboxylic acids is 1.